The standard InChI is InChI=1S/C24H23N3O3/c1-3-5-11-22-25-23(21(28)8-4-2)26-27(22)16-17-12-14-18(15-13-17)19-9-6-7-10-20(19)24(29)30/h1,6-7,9-10,12-15H,4-5,8,11,16H2,2H3,(H,29,30). The zero-order valence-corrected chi connectivity index (χ0v) is 16.8. The van der Waals surface area contributed by atoms with Gasteiger partial charge >= 0.3 is 5.97 Å². The van der Waals surface area contributed by atoms with Crippen molar-refractivity contribution in [2.24, 2.45) is 0 Å². The molecular formula is C24H23N3O3. The van der Waals surface area contributed by atoms with Crippen molar-refractivity contribution >= 4 is 11.8 Å². The van der Waals surface area contributed by atoms with Gasteiger partial charge in [0.1, 0.15) is 5.82 Å². The molecule has 3 rings (SSSR count). The first-order valence-electron chi connectivity index (χ1n) is 9.85. The van der Waals surface area contributed by atoms with Gasteiger partial charge in [-0.1, -0.05) is 49.4 Å². The molecule has 0 fully saturated rings. The maximum atomic E-state index is 12.2. The zero-order chi connectivity index (χ0) is 21.5. The molecule has 1 aromatic heterocycles. The van der Waals surface area contributed by atoms with Gasteiger partial charge in [0.25, 0.3) is 0 Å². The summed E-state index contributed by atoms with van der Waals surface area (Å²) in [6.07, 6.45) is 7.61. The lowest BCUT2D eigenvalue weighted by molar-refractivity contribution is 0.0697. The summed E-state index contributed by atoms with van der Waals surface area (Å²) in [7, 11) is 0. The highest BCUT2D eigenvalue weighted by atomic mass is 16.4. The molecule has 30 heavy (non-hydrogen) atoms. The number of terminal acetylenes is 1. The molecule has 0 radical (unpaired) electrons. The van der Waals surface area contributed by atoms with Crippen LogP contribution >= 0.6 is 0 Å². The van der Waals surface area contributed by atoms with Gasteiger partial charge in [-0.25, -0.2) is 14.5 Å². The van der Waals surface area contributed by atoms with Crippen LogP contribution in [0.5, 0.6) is 0 Å². The lowest BCUT2D eigenvalue weighted by atomic mass is 9.99. The number of benzene rings is 2. The number of aromatic carboxylic acids is 1. The quantitative estimate of drug-likeness (QED) is 0.428. The Bertz CT molecular complexity index is 1090. The van der Waals surface area contributed by atoms with Crippen molar-refractivity contribution < 1.29 is 14.7 Å². The first-order chi connectivity index (χ1) is 14.5. The lowest BCUT2D eigenvalue weighted by Gasteiger charge is -2.09. The summed E-state index contributed by atoms with van der Waals surface area (Å²) in [5.74, 6) is 2.49. The predicted octanol–water partition coefficient (Wildman–Crippen LogP) is 4.24. The summed E-state index contributed by atoms with van der Waals surface area (Å²) in [6, 6.07) is 14.5. The first-order valence-corrected chi connectivity index (χ1v) is 9.85. The topological polar surface area (TPSA) is 85.1 Å². The van der Waals surface area contributed by atoms with E-state index >= 15 is 0 Å². The van der Waals surface area contributed by atoms with E-state index in [0.29, 0.717) is 37.2 Å². The second-order valence-corrected chi connectivity index (χ2v) is 6.93. The number of ketones is 1. The second-order valence-electron chi connectivity index (χ2n) is 6.93. The van der Waals surface area contributed by atoms with Crippen LogP contribution in [-0.4, -0.2) is 31.6 Å². The zero-order valence-electron chi connectivity index (χ0n) is 16.8. The molecule has 0 saturated carbocycles. The highest BCUT2D eigenvalue weighted by Crippen LogP contribution is 2.24. The molecule has 6 heteroatoms. The van der Waals surface area contributed by atoms with E-state index in [4.69, 9.17) is 6.42 Å². The van der Waals surface area contributed by atoms with Crippen LogP contribution in [0.25, 0.3) is 11.1 Å². The van der Waals surface area contributed by atoms with Crippen molar-refractivity contribution in [3.05, 3.63) is 71.3 Å². The van der Waals surface area contributed by atoms with Crippen molar-refractivity contribution in [1.82, 2.24) is 14.8 Å². The van der Waals surface area contributed by atoms with Crippen LogP contribution in [0.15, 0.2) is 48.5 Å². The molecule has 0 aliphatic rings. The third kappa shape index (κ3) is 4.81. The van der Waals surface area contributed by atoms with Crippen LogP contribution in [-0.2, 0) is 13.0 Å². The van der Waals surface area contributed by atoms with E-state index in [9.17, 15) is 14.7 Å². The summed E-state index contributed by atoms with van der Waals surface area (Å²) in [5, 5.41) is 13.8. The largest absolute Gasteiger partial charge is 0.478 e. The third-order valence-electron chi connectivity index (χ3n) is 4.72. The molecular weight excluding hydrogens is 378 g/mol. The van der Waals surface area contributed by atoms with E-state index in [1.54, 1.807) is 22.9 Å². The van der Waals surface area contributed by atoms with Crippen molar-refractivity contribution in [1.29, 1.82) is 0 Å². The molecule has 0 atom stereocenters. The Labute approximate surface area is 175 Å². The van der Waals surface area contributed by atoms with Gasteiger partial charge in [-0.2, -0.15) is 0 Å². The van der Waals surface area contributed by atoms with Crippen LogP contribution in [0.1, 0.15) is 58.6 Å². The average Bonchev–Trinajstić information content (AvgIpc) is 3.15. The molecule has 152 valence electrons. The highest BCUT2D eigenvalue weighted by molar-refractivity contribution is 5.96. The molecule has 3 aromatic rings. The summed E-state index contributed by atoms with van der Waals surface area (Å²) < 4.78 is 1.72. The fraction of sp³-hybridized carbons (Fsp3) is 0.250. The normalized spacial score (nSPS) is 10.5. The van der Waals surface area contributed by atoms with E-state index < -0.39 is 5.97 Å². The summed E-state index contributed by atoms with van der Waals surface area (Å²) >= 11 is 0. The van der Waals surface area contributed by atoms with Gasteiger partial charge in [0.05, 0.1) is 12.1 Å². The molecule has 1 heterocycles. The lowest BCUT2D eigenvalue weighted by Crippen LogP contribution is -2.08. The Morgan fingerprint density at radius 3 is 2.53 bits per heavy atom. The van der Waals surface area contributed by atoms with E-state index in [1.165, 1.54) is 0 Å². The minimum absolute atomic E-state index is 0.0705. The van der Waals surface area contributed by atoms with Crippen molar-refractivity contribution in [2.75, 3.05) is 0 Å². The summed E-state index contributed by atoms with van der Waals surface area (Å²) in [6.45, 7) is 2.39. The molecule has 0 unspecified atom stereocenters. The number of carbonyl (C=O) groups is 2. The Morgan fingerprint density at radius 1 is 1.13 bits per heavy atom. The number of hydrogen-bond acceptors (Lipinski definition) is 4. The van der Waals surface area contributed by atoms with E-state index in [2.05, 4.69) is 16.0 Å². The van der Waals surface area contributed by atoms with E-state index in [0.717, 1.165) is 17.5 Å². The van der Waals surface area contributed by atoms with Gasteiger partial charge in [-0.3, -0.25) is 4.79 Å². The number of aromatic nitrogens is 3. The number of rotatable bonds is 9. The maximum Gasteiger partial charge on any atom is 0.336 e. The predicted molar refractivity (Wildman–Crippen MR) is 114 cm³/mol. The maximum absolute atomic E-state index is 12.2. The number of aryl methyl sites for hydroxylation is 1. The van der Waals surface area contributed by atoms with Crippen LogP contribution < -0.4 is 0 Å². The average molecular weight is 401 g/mol. The molecule has 6 nitrogen and oxygen atoms in total. The third-order valence-corrected chi connectivity index (χ3v) is 4.72. The Hall–Kier alpha value is -3.72. The minimum atomic E-state index is -0.959. The molecule has 0 spiro atoms. The van der Waals surface area contributed by atoms with Gasteiger partial charge in [0.2, 0.25) is 11.6 Å². The van der Waals surface area contributed by atoms with Crippen molar-refractivity contribution in [3.63, 3.8) is 0 Å². The number of hydrogen-bond donors (Lipinski definition) is 1. The molecule has 0 aliphatic heterocycles. The fourth-order valence-electron chi connectivity index (χ4n) is 3.21. The SMILES string of the molecule is C#CCCc1nc(C(=O)CCC)nn1Cc1ccc(-c2ccccc2C(=O)O)cc1. The number of nitrogens with zero attached hydrogens (tertiary/aromatic N) is 3. The number of carboxylic acids is 1. The monoisotopic (exact) mass is 401 g/mol. The molecule has 0 saturated heterocycles. The van der Waals surface area contributed by atoms with E-state index in [-0.39, 0.29) is 17.2 Å². The fourth-order valence-corrected chi connectivity index (χ4v) is 3.21. The van der Waals surface area contributed by atoms with Gasteiger partial charge < -0.3 is 5.11 Å². The Morgan fingerprint density at radius 2 is 1.87 bits per heavy atom. The second kappa shape index (κ2) is 9.66. The van der Waals surface area contributed by atoms with Gasteiger partial charge in [-0.15, -0.1) is 17.4 Å². The van der Waals surface area contributed by atoms with Crippen molar-refractivity contribution in [3.8, 4) is 23.5 Å². The van der Waals surface area contributed by atoms with Crippen molar-refractivity contribution in [2.45, 2.75) is 39.2 Å². The van der Waals surface area contributed by atoms with Gasteiger partial charge in [0, 0.05) is 19.3 Å². The first kappa shape index (κ1) is 21.0. The van der Waals surface area contributed by atoms with Gasteiger partial charge in [-0.05, 0) is 29.2 Å². The highest BCUT2D eigenvalue weighted by Gasteiger charge is 2.16. The number of carbonyl (C=O) groups excluding carboxylic acids is 1. The Kier molecular flexibility index (Phi) is 6.76. The molecule has 0 aliphatic carbocycles. The molecule has 0 amide bonds. The molecule has 0 bridgehead atoms. The van der Waals surface area contributed by atoms with E-state index in [1.807, 2.05) is 37.3 Å². The summed E-state index contributed by atoms with van der Waals surface area (Å²) in [5.41, 5.74) is 2.71. The van der Waals surface area contributed by atoms with Gasteiger partial charge in [0.15, 0.2) is 0 Å². The smallest absolute Gasteiger partial charge is 0.336 e. The molecule has 2 aromatic carbocycles. The number of carboxylic acid groups (broad SMARTS) is 1. The van der Waals surface area contributed by atoms with Crippen LogP contribution in [0.4, 0.5) is 0 Å². The molecule has 1 N–H and O–H groups in total. The van der Waals surface area contributed by atoms with Crippen LogP contribution in [0.2, 0.25) is 0 Å². The van der Waals surface area contributed by atoms with Crippen LogP contribution in [0, 0.1) is 12.3 Å². The minimum Gasteiger partial charge on any atom is -0.478 e. The Balaban J connectivity index is 1.85. The van der Waals surface area contributed by atoms with Crippen LogP contribution in [0.3, 0.4) is 0 Å². The number of Topliss-reactive ketones (excluding diaryl/α,β-unsaturated/α-hetero) is 1. The summed E-state index contributed by atoms with van der Waals surface area (Å²) in [4.78, 5) is 28.1.